The first kappa shape index (κ1) is 29.6. The fraction of sp³-hybridized carbons (Fsp3) is 0.400. The number of halogens is 1. The molecule has 0 saturated carbocycles. The Balaban J connectivity index is 1.40. The summed E-state index contributed by atoms with van der Waals surface area (Å²) in [5.74, 6) is -1.38. The van der Waals surface area contributed by atoms with Crippen molar-refractivity contribution in [2.24, 2.45) is 5.92 Å². The number of amides is 1. The maximum atomic E-state index is 13.6. The maximum absolute atomic E-state index is 13.6. The highest BCUT2D eigenvalue weighted by Crippen LogP contribution is 2.46. The van der Waals surface area contributed by atoms with Crippen LogP contribution in [0.15, 0.2) is 71.4 Å². The number of carbonyl (C=O) groups is 2. The number of nitrogens with zero attached hydrogens (tertiary/aromatic N) is 4. The first-order chi connectivity index (χ1) is 19.3. The SMILES string of the molecule is COC(=O)CCCCN1C(=O)[C@@](O)([C@@H](C)/C=C/CCn2cc(C(CO)c3ccccc3)nn2)c2cc(Br)ccc21. The number of methoxy groups -OCH3 is 1. The molecule has 2 heterocycles. The minimum atomic E-state index is -1.71. The van der Waals surface area contributed by atoms with Gasteiger partial charge in [-0.1, -0.05) is 70.6 Å². The number of rotatable bonds is 13. The van der Waals surface area contributed by atoms with Crippen LogP contribution in [0.25, 0.3) is 0 Å². The van der Waals surface area contributed by atoms with Crippen molar-refractivity contribution in [1.29, 1.82) is 0 Å². The number of aliphatic hydroxyl groups excluding tert-OH is 1. The van der Waals surface area contributed by atoms with Crippen molar-refractivity contribution in [3.8, 4) is 0 Å². The van der Waals surface area contributed by atoms with E-state index in [1.807, 2.05) is 67.7 Å². The smallest absolute Gasteiger partial charge is 0.305 e. The number of hydrogen-bond donors (Lipinski definition) is 2. The van der Waals surface area contributed by atoms with Crippen LogP contribution in [0.2, 0.25) is 0 Å². The molecule has 0 spiro atoms. The Bertz CT molecular complexity index is 1340. The first-order valence-corrected chi connectivity index (χ1v) is 14.2. The van der Waals surface area contributed by atoms with Gasteiger partial charge < -0.3 is 19.8 Å². The zero-order valence-electron chi connectivity index (χ0n) is 22.7. The molecule has 0 radical (unpaired) electrons. The zero-order valence-corrected chi connectivity index (χ0v) is 24.3. The van der Waals surface area contributed by atoms with E-state index in [-0.39, 0.29) is 30.8 Å². The molecule has 1 aromatic heterocycles. The number of aliphatic hydroxyl groups is 2. The molecule has 0 bridgehead atoms. The van der Waals surface area contributed by atoms with Crippen molar-refractivity contribution in [3.05, 3.63) is 88.2 Å². The van der Waals surface area contributed by atoms with E-state index in [0.29, 0.717) is 49.3 Å². The fourth-order valence-corrected chi connectivity index (χ4v) is 5.43. The number of esters is 1. The fourth-order valence-electron chi connectivity index (χ4n) is 5.07. The summed E-state index contributed by atoms with van der Waals surface area (Å²) in [6, 6.07) is 15.2. The van der Waals surface area contributed by atoms with Crippen LogP contribution in [-0.2, 0) is 26.5 Å². The van der Waals surface area contributed by atoms with Gasteiger partial charge in [0.2, 0.25) is 0 Å². The third-order valence-electron chi connectivity index (χ3n) is 7.38. The van der Waals surface area contributed by atoms with Crippen LogP contribution in [0.3, 0.4) is 0 Å². The number of anilines is 1. The average Bonchev–Trinajstić information content (AvgIpc) is 3.51. The number of aryl methyl sites for hydroxylation is 1. The number of carbonyl (C=O) groups excluding carboxylic acids is 2. The lowest BCUT2D eigenvalue weighted by Crippen LogP contribution is -2.44. The normalized spacial score (nSPS) is 18.2. The van der Waals surface area contributed by atoms with Gasteiger partial charge in [0.1, 0.15) is 0 Å². The molecule has 9 nitrogen and oxygen atoms in total. The van der Waals surface area contributed by atoms with Crippen molar-refractivity contribution >= 4 is 33.5 Å². The van der Waals surface area contributed by atoms with Gasteiger partial charge in [0, 0.05) is 41.7 Å². The lowest BCUT2D eigenvalue weighted by atomic mass is 9.83. The van der Waals surface area contributed by atoms with Gasteiger partial charge in [0.15, 0.2) is 5.60 Å². The van der Waals surface area contributed by atoms with Crippen molar-refractivity contribution < 1.29 is 24.5 Å². The molecule has 212 valence electrons. The molecule has 1 unspecified atom stereocenters. The van der Waals surface area contributed by atoms with E-state index in [1.165, 1.54) is 7.11 Å². The highest BCUT2D eigenvalue weighted by molar-refractivity contribution is 9.10. The standard InChI is InChI=1S/C30H35BrN4O5/c1-21(10-6-8-16-34-19-26(32-33-34)24(20-36)22-11-4-3-5-12-22)30(39)25-18-23(31)14-15-27(25)35(29(30)38)17-9-7-13-28(37)40-2/h3-6,10-12,14-15,18-19,21,24,36,39H,7-9,13,16-17,20H2,1-2H3/b10-6+/t21-,24?,30+/m0/s1. The molecule has 3 aromatic rings. The minimum Gasteiger partial charge on any atom is -0.469 e. The summed E-state index contributed by atoms with van der Waals surface area (Å²) in [5.41, 5.74) is 1.22. The summed E-state index contributed by atoms with van der Waals surface area (Å²) in [7, 11) is 1.36. The molecule has 10 heteroatoms. The van der Waals surface area contributed by atoms with Gasteiger partial charge in [0.25, 0.3) is 5.91 Å². The molecule has 40 heavy (non-hydrogen) atoms. The first-order valence-electron chi connectivity index (χ1n) is 13.4. The molecular weight excluding hydrogens is 576 g/mol. The lowest BCUT2D eigenvalue weighted by molar-refractivity contribution is -0.140. The number of ether oxygens (including phenoxy) is 1. The maximum Gasteiger partial charge on any atom is 0.305 e. The quantitative estimate of drug-likeness (QED) is 0.168. The molecule has 2 aromatic carbocycles. The third-order valence-corrected chi connectivity index (χ3v) is 7.87. The number of allylic oxidation sites excluding steroid dienone is 1. The Kier molecular flexibility index (Phi) is 9.89. The number of benzene rings is 2. The van der Waals surface area contributed by atoms with Gasteiger partial charge in [-0.2, -0.15) is 0 Å². The second-order valence-corrected chi connectivity index (χ2v) is 10.9. The zero-order chi connectivity index (χ0) is 28.7. The molecule has 1 aliphatic heterocycles. The number of unbranched alkanes of at least 4 members (excludes halogenated alkanes) is 1. The van der Waals surface area contributed by atoms with Crippen LogP contribution >= 0.6 is 15.9 Å². The van der Waals surface area contributed by atoms with Gasteiger partial charge in [-0.3, -0.25) is 14.3 Å². The van der Waals surface area contributed by atoms with Gasteiger partial charge >= 0.3 is 5.97 Å². The number of hydrogen-bond acceptors (Lipinski definition) is 7. The molecule has 3 atom stereocenters. The number of aromatic nitrogens is 3. The van der Waals surface area contributed by atoms with Crippen molar-refractivity contribution in [2.75, 3.05) is 25.2 Å². The van der Waals surface area contributed by atoms with E-state index in [9.17, 15) is 19.8 Å². The summed E-state index contributed by atoms with van der Waals surface area (Å²) >= 11 is 3.47. The van der Waals surface area contributed by atoms with Crippen LogP contribution in [0, 0.1) is 5.92 Å². The molecule has 4 rings (SSSR count). The topological polar surface area (TPSA) is 118 Å². The lowest BCUT2D eigenvalue weighted by Gasteiger charge is -2.27. The second kappa shape index (κ2) is 13.3. The van der Waals surface area contributed by atoms with E-state index in [2.05, 4.69) is 26.2 Å². The van der Waals surface area contributed by atoms with E-state index < -0.39 is 11.5 Å². The van der Waals surface area contributed by atoms with Crippen LogP contribution in [0.4, 0.5) is 5.69 Å². The van der Waals surface area contributed by atoms with Crippen LogP contribution in [-0.4, -0.2) is 57.3 Å². The van der Waals surface area contributed by atoms with Crippen molar-refractivity contribution in [1.82, 2.24) is 15.0 Å². The summed E-state index contributed by atoms with van der Waals surface area (Å²) in [5, 5.41) is 30.2. The Morgan fingerprint density at radius 1 is 1.18 bits per heavy atom. The summed E-state index contributed by atoms with van der Waals surface area (Å²) < 4.78 is 7.20. The second-order valence-electron chi connectivity index (χ2n) is 9.98. The van der Waals surface area contributed by atoms with Crippen molar-refractivity contribution in [3.63, 3.8) is 0 Å². The van der Waals surface area contributed by atoms with Crippen LogP contribution in [0.5, 0.6) is 0 Å². The van der Waals surface area contributed by atoms with E-state index in [0.717, 1.165) is 10.0 Å². The minimum absolute atomic E-state index is 0.0629. The van der Waals surface area contributed by atoms with Gasteiger partial charge in [-0.15, -0.1) is 5.10 Å². The van der Waals surface area contributed by atoms with Gasteiger partial charge in [0.05, 0.1) is 31.0 Å². The monoisotopic (exact) mass is 610 g/mol. The highest BCUT2D eigenvalue weighted by Gasteiger charge is 2.52. The Morgan fingerprint density at radius 3 is 2.67 bits per heavy atom. The van der Waals surface area contributed by atoms with E-state index in [1.54, 1.807) is 15.6 Å². The van der Waals surface area contributed by atoms with Crippen molar-refractivity contribution in [2.45, 2.75) is 50.7 Å². The van der Waals surface area contributed by atoms with Gasteiger partial charge in [-0.25, -0.2) is 0 Å². The largest absolute Gasteiger partial charge is 0.469 e. The third kappa shape index (κ3) is 6.35. The highest BCUT2D eigenvalue weighted by atomic mass is 79.9. The molecule has 0 aliphatic carbocycles. The molecule has 2 N–H and O–H groups in total. The Hall–Kier alpha value is -3.34. The molecule has 1 amide bonds. The molecular formula is C30H35BrN4O5. The summed E-state index contributed by atoms with van der Waals surface area (Å²) in [6.07, 6.45) is 7.74. The predicted molar refractivity (Wildman–Crippen MR) is 155 cm³/mol. The molecule has 0 fully saturated rings. The predicted octanol–water partition coefficient (Wildman–Crippen LogP) is 4.32. The van der Waals surface area contributed by atoms with Crippen LogP contribution in [0.1, 0.15) is 55.3 Å². The van der Waals surface area contributed by atoms with E-state index in [4.69, 9.17) is 4.74 Å². The van der Waals surface area contributed by atoms with Crippen LogP contribution < -0.4 is 4.90 Å². The summed E-state index contributed by atoms with van der Waals surface area (Å²) in [4.78, 5) is 26.6. The summed E-state index contributed by atoms with van der Waals surface area (Å²) in [6.45, 7) is 2.73. The molecule has 0 saturated heterocycles. The van der Waals surface area contributed by atoms with Gasteiger partial charge in [-0.05, 0) is 43.0 Å². The average molecular weight is 612 g/mol. The molecule has 1 aliphatic rings. The Morgan fingerprint density at radius 2 is 1.95 bits per heavy atom. The Labute approximate surface area is 242 Å². The van der Waals surface area contributed by atoms with E-state index >= 15 is 0 Å². The number of fused-ring (bicyclic) bond motifs is 1.